The number of rotatable bonds is 14. The number of aliphatic hydroxyl groups excluding tert-OH is 2. The highest BCUT2D eigenvalue weighted by Crippen LogP contribution is 2.38. The van der Waals surface area contributed by atoms with E-state index < -0.39 is 48.9 Å². The van der Waals surface area contributed by atoms with Gasteiger partial charge in [0, 0.05) is 40.5 Å². The molecule has 0 radical (unpaired) electrons. The van der Waals surface area contributed by atoms with Gasteiger partial charge in [-0.05, 0) is 92.1 Å². The zero-order valence-electron chi connectivity index (χ0n) is 30.6. The molecule has 0 fully saturated rings. The summed E-state index contributed by atoms with van der Waals surface area (Å²) in [7, 11) is 0. The number of nitrogens with one attached hydrogen (secondary N) is 3. The van der Waals surface area contributed by atoms with Crippen LogP contribution in [0.3, 0.4) is 0 Å². The number of aliphatic hydroxyl groups is 2. The highest BCUT2D eigenvalue weighted by Gasteiger charge is 2.31. The van der Waals surface area contributed by atoms with Crippen LogP contribution in [0.15, 0.2) is 37.4 Å². The Hall–Kier alpha value is -5.96. The maximum atomic E-state index is 14.6. The van der Waals surface area contributed by atoms with E-state index in [0.717, 1.165) is 16.7 Å². The number of aromatic amines is 2. The molecule has 5 heterocycles. The van der Waals surface area contributed by atoms with Crippen LogP contribution in [0.2, 0.25) is 0 Å². The van der Waals surface area contributed by atoms with E-state index in [1.54, 1.807) is 31.2 Å². The fraction of sp³-hybridized carbons (Fsp3) is 0.300. The van der Waals surface area contributed by atoms with Gasteiger partial charge in [-0.2, -0.15) is 0 Å². The lowest BCUT2D eigenvalue weighted by molar-refractivity contribution is -0.137. The molecule has 54 heavy (non-hydrogen) atoms. The number of carboxylic acid groups (broad SMARTS) is 2. The van der Waals surface area contributed by atoms with Gasteiger partial charge < -0.3 is 41.4 Å². The van der Waals surface area contributed by atoms with Crippen LogP contribution in [0.25, 0.3) is 50.4 Å². The summed E-state index contributed by atoms with van der Waals surface area (Å²) in [4.78, 5) is 67.5. The van der Waals surface area contributed by atoms with Gasteiger partial charge in [-0.1, -0.05) is 25.3 Å². The first-order chi connectivity index (χ1) is 25.6. The maximum absolute atomic E-state index is 14.6. The van der Waals surface area contributed by atoms with Gasteiger partial charge in [0.2, 0.25) is 5.91 Å². The van der Waals surface area contributed by atoms with Gasteiger partial charge in [0.1, 0.15) is 12.1 Å². The van der Waals surface area contributed by atoms with Crippen LogP contribution in [-0.2, 0) is 20.8 Å². The van der Waals surface area contributed by atoms with Crippen molar-refractivity contribution in [3.8, 4) is 0 Å². The molecule has 9 N–H and O–H groups in total. The number of carbonyl (C=O) groups is 4. The zero-order valence-corrected chi connectivity index (χ0v) is 30.6. The predicted octanol–water partition coefficient (Wildman–Crippen LogP) is 4.48. The van der Waals surface area contributed by atoms with Gasteiger partial charge in [0.15, 0.2) is 5.78 Å². The first kappa shape index (κ1) is 39.3. The molecule has 2 atom stereocenters. The second kappa shape index (κ2) is 16.0. The molecule has 3 aromatic rings. The molecule has 2 aliphatic rings. The Balaban J connectivity index is 1.99. The van der Waals surface area contributed by atoms with Gasteiger partial charge >= 0.3 is 11.9 Å². The number of aryl methyl sites for hydroxylation is 3. The zero-order chi connectivity index (χ0) is 39.6. The highest BCUT2D eigenvalue weighted by atomic mass is 16.4. The van der Waals surface area contributed by atoms with Gasteiger partial charge in [0.25, 0.3) is 0 Å². The molecule has 0 saturated heterocycles. The topological polar surface area (TPSA) is 245 Å². The number of H-pyrrole nitrogens is 2. The quantitative estimate of drug-likeness (QED) is 0.107. The van der Waals surface area contributed by atoms with Gasteiger partial charge in [-0.3, -0.25) is 19.2 Å². The summed E-state index contributed by atoms with van der Waals surface area (Å²) in [6.45, 7) is 13.9. The number of carboxylic acids is 2. The smallest absolute Gasteiger partial charge is 0.303 e. The number of carbonyl (C=O) groups excluding carboxylic acids is 2. The first-order valence-electron chi connectivity index (χ1n) is 17.3. The van der Waals surface area contributed by atoms with Crippen molar-refractivity contribution in [3.63, 3.8) is 0 Å². The Morgan fingerprint density at radius 3 is 2.06 bits per heavy atom. The maximum Gasteiger partial charge on any atom is 0.303 e. The summed E-state index contributed by atoms with van der Waals surface area (Å²) in [5, 5.41) is 41.5. The third kappa shape index (κ3) is 7.44. The van der Waals surface area contributed by atoms with E-state index in [0.29, 0.717) is 67.0 Å². The summed E-state index contributed by atoms with van der Waals surface area (Å²) in [5.74, 6) is -3.48. The summed E-state index contributed by atoms with van der Waals surface area (Å²) in [6.07, 6.45) is 3.29. The van der Waals surface area contributed by atoms with Crippen LogP contribution in [0.1, 0.15) is 88.5 Å². The number of aromatic nitrogens is 4. The fourth-order valence-electron chi connectivity index (χ4n) is 6.85. The molecular formula is C40H44N6O8. The number of nitrogens with two attached hydrogens (primary N) is 1. The average Bonchev–Trinajstić information content (AvgIpc) is 3.81. The average molecular weight is 737 g/mol. The summed E-state index contributed by atoms with van der Waals surface area (Å²) >= 11 is 0. The van der Waals surface area contributed by atoms with Crippen molar-refractivity contribution in [2.45, 2.75) is 65.5 Å². The Bertz CT molecular complexity index is 2340. The van der Waals surface area contributed by atoms with Crippen molar-refractivity contribution >= 4 is 74.1 Å². The lowest BCUT2D eigenvalue weighted by atomic mass is 9.95. The van der Waals surface area contributed by atoms with Crippen LogP contribution in [0.5, 0.6) is 0 Å². The number of hydrogen-bond acceptors (Lipinski definition) is 9. The number of fused-ring (bicyclic) bond motifs is 8. The van der Waals surface area contributed by atoms with Crippen LogP contribution in [0, 0.1) is 13.8 Å². The minimum Gasteiger partial charge on any atom is -0.481 e. The molecule has 1 amide bonds. The molecule has 8 bridgehead atoms. The molecule has 3 aromatic heterocycles. The number of Topliss-reactive ketones (excluding diaryl/α,β-unsaturated/α-hetero) is 1. The Labute approximate surface area is 310 Å². The summed E-state index contributed by atoms with van der Waals surface area (Å²) in [6, 6.07) is 2.57. The molecule has 2 aliphatic heterocycles. The highest BCUT2D eigenvalue weighted by molar-refractivity contribution is 6.14. The van der Waals surface area contributed by atoms with Crippen molar-refractivity contribution in [3.05, 3.63) is 88.0 Å². The third-order valence-corrected chi connectivity index (χ3v) is 9.95. The van der Waals surface area contributed by atoms with E-state index in [4.69, 9.17) is 15.7 Å². The van der Waals surface area contributed by atoms with Gasteiger partial charge in [-0.25, -0.2) is 9.97 Å². The van der Waals surface area contributed by atoms with Crippen molar-refractivity contribution in [2.75, 3.05) is 13.2 Å². The number of ketones is 1. The molecule has 14 heteroatoms. The van der Waals surface area contributed by atoms with E-state index in [-0.39, 0.29) is 36.9 Å². The minimum atomic E-state index is -1.47. The predicted molar refractivity (Wildman–Crippen MR) is 207 cm³/mol. The van der Waals surface area contributed by atoms with Crippen LogP contribution >= 0.6 is 0 Å². The number of hydrogen-bond donors (Lipinski definition) is 8. The monoisotopic (exact) mass is 736 g/mol. The van der Waals surface area contributed by atoms with Crippen molar-refractivity contribution in [1.29, 1.82) is 0 Å². The normalized spacial score (nSPS) is 13.8. The minimum absolute atomic E-state index is 0.0336. The standard InChI is InChI=1S/C40H44N6O8/c1-7-22-21(6)37-36(39(53)33(17-48)46-40(54)26(41)16-47)38-23(8-2)18(3)29(44-38)13-27-19(4)24(9-11-34(49)50)31(42-27)15-32-25(10-12-35(51)52)20(5)28(43-32)14-30(22)45-37/h7-8,13-15,26,33,43-44,47-48H,1-2,9-12,16-17,41H2,3-6H3,(H,46,54)(H,49,50)(H,51,52)/t26-,33-/m0/s1. The molecule has 14 nitrogen and oxygen atoms in total. The van der Waals surface area contributed by atoms with E-state index >= 15 is 0 Å². The molecule has 5 rings (SSSR count). The van der Waals surface area contributed by atoms with Crippen molar-refractivity contribution in [2.24, 2.45) is 5.73 Å². The molecular weight excluding hydrogens is 692 g/mol. The van der Waals surface area contributed by atoms with Crippen LogP contribution < -0.4 is 11.1 Å². The van der Waals surface area contributed by atoms with E-state index in [1.807, 2.05) is 26.8 Å². The number of aliphatic carboxylic acids is 2. The molecule has 282 valence electrons. The molecule has 0 unspecified atom stereocenters. The van der Waals surface area contributed by atoms with Gasteiger partial charge in [-0.15, -0.1) is 0 Å². The molecule has 0 aliphatic carbocycles. The summed E-state index contributed by atoms with van der Waals surface area (Å²) in [5.41, 5.74) is 14.9. The van der Waals surface area contributed by atoms with Crippen LogP contribution in [-0.4, -0.2) is 89.3 Å². The van der Waals surface area contributed by atoms with Crippen molar-refractivity contribution < 1.29 is 39.6 Å². The van der Waals surface area contributed by atoms with Crippen molar-refractivity contribution in [1.82, 2.24) is 25.3 Å². The SMILES string of the molecule is C=CC1=C(C)c2nc1cc1[nH]c(cc3nc(cc4[nH]c(c(C=C)c4C)c2C(=O)[C@H](CO)NC(=O)[C@@H](N)CO)C(C)=C3CCC(=O)O)c(CCC(=O)O)c1C. The Morgan fingerprint density at radius 2 is 1.44 bits per heavy atom. The second-order valence-corrected chi connectivity index (χ2v) is 13.3. The number of nitrogens with zero attached hydrogens (tertiary/aromatic N) is 2. The summed E-state index contributed by atoms with van der Waals surface area (Å²) < 4.78 is 0. The fourth-order valence-corrected chi connectivity index (χ4v) is 6.85. The number of amides is 1. The van der Waals surface area contributed by atoms with E-state index in [1.165, 1.54) is 0 Å². The number of allylic oxidation sites excluding steroid dienone is 5. The molecule has 0 aromatic carbocycles. The van der Waals surface area contributed by atoms with Gasteiger partial charge in [0.05, 0.1) is 47.1 Å². The molecule has 0 saturated carbocycles. The Kier molecular flexibility index (Phi) is 11.6. The largest absolute Gasteiger partial charge is 0.481 e. The first-order valence-corrected chi connectivity index (χ1v) is 17.3. The lowest BCUT2D eigenvalue weighted by Crippen LogP contribution is -2.51. The Morgan fingerprint density at radius 1 is 0.815 bits per heavy atom. The molecule has 0 spiro atoms. The van der Waals surface area contributed by atoms with E-state index in [2.05, 4.69) is 28.4 Å². The second-order valence-electron chi connectivity index (χ2n) is 13.3. The van der Waals surface area contributed by atoms with E-state index in [9.17, 15) is 39.6 Å². The lowest BCUT2D eigenvalue weighted by Gasteiger charge is -2.18. The third-order valence-electron chi connectivity index (χ3n) is 9.95. The van der Waals surface area contributed by atoms with Crippen LogP contribution in [0.4, 0.5) is 0 Å².